The molecule has 4 rings (SSSR count). The third-order valence-electron chi connectivity index (χ3n) is 7.59. The molecular formula is C34H36F3N5O5. The van der Waals surface area contributed by atoms with Crippen LogP contribution in [0.2, 0.25) is 0 Å². The minimum Gasteiger partial charge on any atom is -0.481 e. The van der Waals surface area contributed by atoms with Crippen LogP contribution in [0.4, 0.5) is 13.2 Å². The molecule has 248 valence electrons. The summed E-state index contributed by atoms with van der Waals surface area (Å²) >= 11 is 0. The number of hydrogen-bond acceptors (Lipinski definition) is 5. The van der Waals surface area contributed by atoms with Crippen molar-refractivity contribution in [2.45, 2.75) is 56.4 Å². The molecule has 0 radical (unpaired) electrons. The van der Waals surface area contributed by atoms with Crippen molar-refractivity contribution in [3.8, 4) is 0 Å². The Labute approximate surface area is 268 Å². The molecule has 13 heteroatoms. The van der Waals surface area contributed by atoms with Crippen LogP contribution in [0.15, 0.2) is 85.1 Å². The number of nitrogens with one attached hydrogen (secondary N) is 4. The molecule has 0 bridgehead atoms. The molecule has 0 aliphatic rings. The number of aromatic amines is 1. The molecule has 3 aromatic carbocycles. The summed E-state index contributed by atoms with van der Waals surface area (Å²) in [7, 11) is 0. The van der Waals surface area contributed by atoms with Crippen molar-refractivity contribution >= 4 is 34.6 Å². The fourth-order valence-electron chi connectivity index (χ4n) is 5.10. The predicted molar refractivity (Wildman–Crippen MR) is 169 cm³/mol. The van der Waals surface area contributed by atoms with Gasteiger partial charge in [-0.15, -0.1) is 0 Å². The lowest BCUT2D eigenvalue weighted by atomic mass is 10.0. The highest BCUT2D eigenvalue weighted by molar-refractivity contribution is 5.91. The van der Waals surface area contributed by atoms with Crippen LogP contribution in [0.1, 0.15) is 35.1 Å². The lowest BCUT2D eigenvalue weighted by Crippen LogP contribution is -2.56. The van der Waals surface area contributed by atoms with Gasteiger partial charge in [0, 0.05) is 36.5 Å². The second-order valence-electron chi connectivity index (χ2n) is 11.2. The summed E-state index contributed by atoms with van der Waals surface area (Å²) in [5, 5.41) is 17.9. The van der Waals surface area contributed by atoms with Crippen LogP contribution in [-0.4, -0.2) is 58.5 Å². The summed E-state index contributed by atoms with van der Waals surface area (Å²) in [6.07, 6.45) is -3.09. The second-order valence-corrected chi connectivity index (χ2v) is 11.2. The average molecular weight is 652 g/mol. The average Bonchev–Trinajstić information content (AvgIpc) is 3.45. The molecule has 3 amide bonds. The van der Waals surface area contributed by atoms with Gasteiger partial charge in [-0.25, -0.2) is 0 Å². The Kier molecular flexibility index (Phi) is 11.7. The number of nitrogens with two attached hydrogens (primary N) is 1. The summed E-state index contributed by atoms with van der Waals surface area (Å²) in [5.74, 6) is -2.89. The molecule has 4 aromatic rings. The van der Waals surface area contributed by atoms with Gasteiger partial charge in [0.25, 0.3) is 0 Å². The first-order chi connectivity index (χ1) is 22.4. The van der Waals surface area contributed by atoms with E-state index in [-0.39, 0.29) is 32.2 Å². The first kappa shape index (κ1) is 34.7. The monoisotopic (exact) mass is 651 g/mol. The Bertz CT molecular complexity index is 1670. The number of hydrogen-bond donors (Lipinski definition) is 6. The van der Waals surface area contributed by atoms with Crippen LogP contribution in [0.25, 0.3) is 10.9 Å². The molecule has 7 N–H and O–H groups in total. The van der Waals surface area contributed by atoms with Gasteiger partial charge >= 0.3 is 12.1 Å². The molecule has 1 heterocycles. The van der Waals surface area contributed by atoms with Gasteiger partial charge in [-0.05, 0) is 47.7 Å². The number of amides is 3. The molecule has 1 aromatic heterocycles. The number of carboxylic acids is 1. The third kappa shape index (κ3) is 10.4. The van der Waals surface area contributed by atoms with Crippen LogP contribution < -0.4 is 21.7 Å². The largest absolute Gasteiger partial charge is 0.481 e. The number of carbonyl (C=O) groups is 4. The molecule has 47 heavy (non-hydrogen) atoms. The number of alkyl halides is 3. The minimum atomic E-state index is -4.53. The van der Waals surface area contributed by atoms with E-state index in [1.165, 1.54) is 12.1 Å². The van der Waals surface area contributed by atoms with Gasteiger partial charge < -0.3 is 31.8 Å². The zero-order valence-corrected chi connectivity index (χ0v) is 25.3. The molecule has 10 nitrogen and oxygen atoms in total. The van der Waals surface area contributed by atoms with Gasteiger partial charge in [0.05, 0.1) is 24.1 Å². The highest BCUT2D eigenvalue weighted by Crippen LogP contribution is 2.29. The smallest absolute Gasteiger partial charge is 0.416 e. The predicted octanol–water partition coefficient (Wildman–Crippen LogP) is 3.49. The van der Waals surface area contributed by atoms with Crippen molar-refractivity contribution in [2.75, 3.05) is 6.54 Å². The summed E-state index contributed by atoms with van der Waals surface area (Å²) in [6.45, 7) is -0.142. The summed E-state index contributed by atoms with van der Waals surface area (Å²) in [5.41, 5.74) is 8.39. The topological polar surface area (TPSA) is 166 Å². The number of para-hydroxylation sites is 1. The molecule has 0 unspecified atom stereocenters. The van der Waals surface area contributed by atoms with E-state index in [9.17, 15) is 32.3 Å². The third-order valence-corrected chi connectivity index (χ3v) is 7.59. The zero-order valence-electron chi connectivity index (χ0n) is 25.3. The van der Waals surface area contributed by atoms with Crippen molar-refractivity contribution in [1.29, 1.82) is 0 Å². The Morgan fingerprint density at radius 3 is 2.13 bits per heavy atom. The molecule has 0 saturated heterocycles. The lowest BCUT2D eigenvalue weighted by Gasteiger charge is -2.25. The van der Waals surface area contributed by atoms with Crippen LogP contribution in [-0.2, 0) is 44.6 Å². The molecule has 0 fully saturated rings. The maximum atomic E-state index is 13.7. The number of aromatic nitrogens is 1. The number of aliphatic carboxylic acids is 1. The van der Waals surface area contributed by atoms with E-state index in [4.69, 9.17) is 10.8 Å². The maximum absolute atomic E-state index is 13.7. The number of benzene rings is 3. The molecule has 0 aliphatic heterocycles. The summed E-state index contributed by atoms with van der Waals surface area (Å²) in [6, 6.07) is 18.1. The SMILES string of the molecule is N[C@@H](Cc1c[nH]c2ccccc12)C(=O)N[C@@H](Cc1ccccc1)C(=O)N[C@@H](CNC(=O)CCC(=O)O)Cc1ccc(C(F)(F)F)cc1. The first-order valence-corrected chi connectivity index (χ1v) is 15.0. The fraction of sp³-hybridized carbons (Fsp3) is 0.294. The highest BCUT2D eigenvalue weighted by Gasteiger charge is 2.30. The van der Waals surface area contributed by atoms with Crippen molar-refractivity contribution < 1.29 is 37.5 Å². The number of carbonyl (C=O) groups excluding carboxylic acids is 3. The maximum Gasteiger partial charge on any atom is 0.416 e. The van der Waals surface area contributed by atoms with Crippen molar-refractivity contribution in [3.05, 3.63) is 107 Å². The van der Waals surface area contributed by atoms with E-state index in [2.05, 4.69) is 20.9 Å². The zero-order chi connectivity index (χ0) is 34.0. The molecule has 3 atom stereocenters. The van der Waals surface area contributed by atoms with Crippen LogP contribution >= 0.6 is 0 Å². The van der Waals surface area contributed by atoms with E-state index in [1.54, 1.807) is 36.5 Å². The van der Waals surface area contributed by atoms with Gasteiger partial charge in [0.1, 0.15) is 6.04 Å². The first-order valence-electron chi connectivity index (χ1n) is 15.0. The minimum absolute atomic E-state index is 0.0369. The number of rotatable bonds is 15. The lowest BCUT2D eigenvalue weighted by molar-refractivity contribution is -0.139. The van der Waals surface area contributed by atoms with Crippen molar-refractivity contribution in [1.82, 2.24) is 20.9 Å². The molecule has 0 spiro atoms. The van der Waals surface area contributed by atoms with Gasteiger partial charge in [-0.3, -0.25) is 19.2 Å². The summed E-state index contributed by atoms with van der Waals surface area (Å²) < 4.78 is 39.3. The number of fused-ring (bicyclic) bond motifs is 1. The van der Waals surface area contributed by atoms with E-state index in [0.717, 1.165) is 34.2 Å². The highest BCUT2D eigenvalue weighted by atomic mass is 19.4. The van der Waals surface area contributed by atoms with E-state index in [0.29, 0.717) is 5.56 Å². The molecule has 0 saturated carbocycles. The molecular weight excluding hydrogens is 615 g/mol. The van der Waals surface area contributed by atoms with Gasteiger partial charge in [0.2, 0.25) is 17.7 Å². The van der Waals surface area contributed by atoms with Gasteiger partial charge in [-0.2, -0.15) is 13.2 Å². The standard InChI is InChI=1S/C34H36F3N5O5/c35-34(36,37)24-12-10-22(11-13-24)16-25(20-40-30(43)14-15-31(44)45)41-33(47)29(17-21-6-2-1-3-7-21)42-32(46)27(38)18-23-19-39-28-9-5-4-8-26(23)28/h1-13,19,25,27,29,39H,14-18,20,38H2,(H,40,43)(H,41,47)(H,42,46)(H,44,45)/t25-,27+,29+/m1/s1. The quantitative estimate of drug-likeness (QED) is 0.115. The fourth-order valence-corrected chi connectivity index (χ4v) is 5.10. The number of halogens is 3. The Morgan fingerprint density at radius 1 is 0.787 bits per heavy atom. The van der Waals surface area contributed by atoms with E-state index in [1.807, 2.05) is 24.3 Å². The molecule has 0 aliphatic carbocycles. The normalized spacial score (nSPS) is 13.4. The summed E-state index contributed by atoms with van der Waals surface area (Å²) in [4.78, 5) is 53.3. The Balaban J connectivity index is 1.50. The van der Waals surface area contributed by atoms with Crippen LogP contribution in [0.3, 0.4) is 0 Å². The number of carboxylic acid groups (broad SMARTS) is 1. The van der Waals surface area contributed by atoms with Crippen molar-refractivity contribution in [3.63, 3.8) is 0 Å². The van der Waals surface area contributed by atoms with Crippen LogP contribution in [0.5, 0.6) is 0 Å². The van der Waals surface area contributed by atoms with Gasteiger partial charge in [0.15, 0.2) is 0 Å². The Morgan fingerprint density at radius 2 is 1.45 bits per heavy atom. The number of H-pyrrole nitrogens is 1. The van der Waals surface area contributed by atoms with E-state index >= 15 is 0 Å². The van der Waals surface area contributed by atoms with Crippen molar-refractivity contribution in [2.24, 2.45) is 5.73 Å². The Hall–Kier alpha value is -5.17. The van der Waals surface area contributed by atoms with Crippen LogP contribution in [0, 0.1) is 0 Å². The second kappa shape index (κ2) is 15.9. The van der Waals surface area contributed by atoms with E-state index < -0.39 is 60.0 Å². The van der Waals surface area contributed by atoms with Gasteiger partial charge in [-0.1, -0.05) is 60.7 Å².